The van der Waals surface area contributed by atoms with E-state index in [2.05, 4.69) is 0 Å². The van der Waals surface area contributed by atoms with Gasteiger partial charge in [-0.2, -0.15) is 10.5 Å². The van der Waals surface area contributed by atoms with Gasteiger partial charge in [-0.3, -0.25) is 4.79 Å². The molecule has 3 nitrogen and oxygen atoms in total. The first kappa shape index (κ1) is 11.6. The van der Waals surface area contributed by atoms with Crippen LogP contribution in [0.4, 0.5) is 0 Å². The normalized spacial score (nSPS) is 9.22. The van der Waals surface area contributed by atoms with Crippen molar-refractivity contribution in [1.82, 2.24) is 0 Å². The van der Waals surface area contributed by atoms with Crippen molar-refractivity contribution in [1.29, 1.82) is 10.5 Å². The van der Waals surface area contributed by atoms with Gasteiger partial charge in [0, 0.05) is 11.1 Å². The van der Waals surface area contributed by atoms with Crippen molar-refractivity contribution in [2.75, 3.05) is 0 Å². The molecule has 18 heavy (non-hydrogen) atoms. The number of benzene rings is 2. The van der Waals surface area contributed by atoms with Crippen LogP contribution in [0, 0.1) is 22.7 Å². The van der Waals surface area contributed by atoms with E-state index in [0.29, 0.717) is 22.3 Å². The lowest BCUT2D eigenvalue weighted by atomic mass is 9.96. The maximum atomic E-state index is 12.3. The second-order valence-electron chi connectivity index (χ2n) is 3.64. The molecule has 84 valence electrons. The summed E-state index contributed by atoms with van der Waals surface area (Å²) in [6, 6.07) is 17.1. The third-order valence-electron chi connectivity index (χ3n) is 2.58. The van der Waals surface area contributed by atoms with Gasteiger partial charge in [0.1, 0.15) is 0 Å². The zero-order valence-electron chi connectivity index (χ0n) is 9.42. The Hall–Kier alpha value is -2.91. The molecule has 3 heteroatoms. The van der Waals surface area contributed by atoms with Crippen LogP contribution in [0.3, 0.4) is 0 Å². The summed E-state index contributed by atoms with van der Waals surface area (Å²) in [5.74, 6) is -0.302. The minimum absolute atomic E-state index is 0.302. The zero-order chi connectivity index (χ0) is 13.0. The molecule has 0 aliphatic carbocycles. The van der Waals surface area contributed by atoms with Crippen LogP contribution in [0.15, 0.2) is 48.5 Å². The Morgan fingerprint density at radius 2 is 1.17 bits per heavy atom. The number of rotatable bonds is 2. The van der Waals surface area contributed by atoms with E-state index >= 15 is 0 Å². The van der Waals surface area contributed by atoms with E-state index in [1.54, 1.807) is 48.5 Å². The molecule has 0 aromatic heterocycles. The smallest absolute Gasteiger partial charge is 0.195 e. The third kappa shape index (κ3) is 1.98. The fourth-order valence-electron chi connectivity index (χ4n) is 1.70. The van der Waals surface area contributed by atoms with Gasteiger partial charge in [0.25, 0.3) is 0 Å². The Labute approximate surface area is 105 Å². The largest absolute Gasteiger partial charge is 0.289 e. The number of nitriles is 2. The Balaban J connectivity index is 2.57. The van der Waals surface area contributed by atoms with Gasteiger partial charge in [-0.25, -0.2) is 0 Å². The molecule has 0 fully saturated rings. The molecule has 0 spiro atoms. The molecular weight excluding hydrogens is 224 g/mol. The van der Waals surface area contributed by atoms with Crippen LogP contribution in [0.25, 0.3) is 0 Å². The minimum atomic E-state index is -0.302. The SMILES string of the molecule is N#Cc1ccccc1C(=O)c1ccccc1C#N. The molecule has 0 unspecified atom stereocenters. The molecule has 2 aromatic rings. The van der Waals surface area contributed by atoms with Crippen LogP contribution >= 0.6 is 0 Å². The summed E-state index contributed by atoms with van der Waals surface area (Å²) in [5.41, 5.74) is 1.27. The monoisotopic (exact) mass is 232 g/mol. The molecular formula is C15H8N2O. The first-order chi connectivity index (χ1) is 8.77. The molecule has 0 bridgehead atoms. The zero-order valence-corrected chi connectivity index (χ0v) is 9.42. The van der Waals surface area contributed by atoms with E-state index in [-0.39, 0.29) is 5.78 Å². The maximum absolute atomic E-state index is 12.3. The molecule has 0 saturated heterocycles. The summed E-state index contributed by atoms with van der Waals surface area (Å²) < 4.78 is 0. The van der Waals surface area contributed by atoms with Crippen molar-refractivity contribution in [3.8, 4) is 12.1 Å². The minimum Gasteiger partial charge on any atom is -0.289 e. The highest BCUT2D eigenvalue weighted by Gasteiger charge is 2.15. The predicted octanol–water partition coefficient (Wildman–Crippen LogP) is 2.66. The van der Waals surface area contributed by atoms with Crippen LogP contribution in [-0.2, 0) is 0 Å². The second kappa shape index (κ2) is 4.95. The van der Waals surface area contributed by atoms with Gasteiger partial charge in [-0.15, -0.1) is 0 Å². The maximum Gasteiger partial charge on any atom is 0.195 e. The van der Waals surface area contributed by atoms with E-state index in [9.17, 15) is 4.79 Å². The van der Waals surface area contributed by atoms with Crippen molar-refractivity contribution in [2.45, 2.75) is 0 Å². The molecule has 0 atom stereocenters. The van der Waals surface area contributed by atoms with Gasteiger partial charge < -0.3 is 0 Å². The van der Waals surface area contributed by atoms with Crippen LogP contribution in [0.1, 0.15) is 27.0 Å². The highest BCUT2D eigenvalue weighted by atomic mass is 16.1. The van der Waals surface area contributed by atoms with Gasteiger partial charge in [0.2, 0.25) is 0 Å². The van der Waals surface area contributed by atoms with E-state index < -0.39 is 0 Å². The number of nitrogens with zero attached hydrogens (tertiary/aromatic N) is 2. The molecule has 0 amide bonds. The quantitative estimate of drug-likeness (QED) is 0.747. The fraction of sp³-hybridized carbons (Fsp3) is 0. The van der Waals surface area contributed by atoms with Gasteiger partial charge in [0.05, 0.1) is 23.3 Å². The van der Waals surface area contributed by atoms with Crippen molar-refractivity contribution in [3.05, 3.63) is 70.8 Å². The van der Waals surface area contributed by atoms with Gasteiger partial charge in [-0.1, -0.05) is 24.3 Å². The van der Waals surface area contributed by atoms with E-state index in [4.69, 9.17) is 10.5 Å². The Morgan fingerprint density at radius 3 is 1.56 bits per heavy atom. The van der Waals surface area contributed by atoms with Gasteiger partial charge in [0.15, 0.2) is 5.78 Å². The Kier molecular flexibility index (Phi) is 3.18. The lowest BCUT2D eigenvalue weighted by Crippen LogP contribution is -2.06. The lowest BCUT2D eigenvalue weighted by molar-refractivity contribution is 0.103. The molecule has 0 aliphatic rings. The first-order valence-corrected chi connectivity index (χ1v) is 5.31. The predicted molar refractivity (Wildman–Crippen MR) is 65.7 cm³/mol. The molecule has 0 aliphatic heterocycles. The lowest BCUT2D eigenvalue weighted by Gasteiger charge is -2.04. The van der Waals surface area contributed by atoms with Gasteiger partial charge in [-0.05, 0) is 24.3 Å². The number of carbonyl (C=O) groups excluding carboxylic acids is 1. The van der Waals surface area contributed by atoms with Crippen LogP contribution < -0.4 is 0 Å². The molecule has 0 saturated carbocycles. The Morgan fingerprint density at radius 1 is 0.778 bits per heavy atom. The summed E-state index contributed by atoms with van der Waals surface area (Å²) in [6.45, 7) is 0. The van der Waals surface area contributed by atoms with E-state index in [0.717, 1.165) is 0 Å². The van der Waals surface area contributed by atoms with Crippen molar-refractivity contribution >= 4 is 5.78 Å². The van der Waals surface area contributed by atoms with Crippen molar-refractivity contribution < 1.29 is 4.79 Å². The topological polar surface area (TPSA) is 64.7 Å². The van der Waals surface area contributed by atoms with Crippen LogP contribution in [-0.4, -0.2) is 5.78 Å². The molecule has 2 rings (SSSR count). The van der Waals surface area contributed by atoms with E-state index in [1.165, 1.54) is 0 Å². The van der Waals surface area contributed by atoms with Crippen molar-refractivity contribution in [3.63, 3.8) is 0 Å². The second-order valence-corrected chi connectivity index (χ2v) is 3.64. The average molecular weight is 232 g/mol. The van der Waals surface area contributed by atoms with Crippen LogP contribution in [0.5, 0.6) is 0 Å². The molecule has 0 N–H and O–H groups in total. The highest BCUT2D eigenvalue weighted by Crippen LogP contribution is 2.16. The summed E-state index contributed by atoms with van der Waals surface area (Å²) in [7, 11) is 0. The average Bonchev–Trinajstić information content (AvgIpc) is 2.46. The summed E-state index contributed by atoms with van der Waals surface area (Å²) in [5, 5.41) is 17.9. The van der Waals surface area contributed by atoms with Gasteiger partial charge >= 0.3 is 0 Å². The number of carbonyl (C=O) groups is 1. The number of hydrogen-bond donors (Lipinski definition) is 0. The van der Waals surface area contributed by atoms with Crippen molar-refractivity contribution in [2.24, 2.45) is 0 Å². The summed E-state index contributed by atoms with van der Waals surface area (Å²) in [4.78, 5) is 12.3. The molecule has 0 heterocycles. The standard InChI is InChI=1S/C15H8N2O/c16-9-11-5-1-3-7-13(11)15(18)14-8-4-2-6-12(14)10-17/h1-8H. The summed E-state index contributed by atoms with van der Waals surface area (Å²) >= 11 is 0. The highest BCUT2D eigenvalue weighted by molar-refractivity contribution is 6.11. The first-order valence-electron chi connectivity index (χ1n) is 5.31. The molecule has 0 radical (unpaired) electrons. The van der Waals surface area contributed by atoms with E-state index in [1.807, 2.05) is 12.1 Å². The fourth-order valence-corrected chi connectivity index (χ4v) is 1.70. The molecule has 2 aromatic carbocycles. The summed E-state index contributed by atoms with van der Waals surface area (Å²) in [6.07, 6.45) is 0. The van der Waals surface area contributed by atoms with Crippen LogP contribution in [0.2, 0.25) is 0 Å². The number of ketones is 1. The third-order valence-corrected chi connectivity index (χ3v) is 2.58. The Bertz CT molecular complexity index is 631. The number of hydrogen-bond acceptors (Lipinski definition) is 3.